The van der Waals surface area contributed by atoms with Gasteiger partial charge in [0.2, 0.25) is 0 Å². The molecule has 0 radical (unpaired) electrons. The second kappa shape index (κ2) is 7.74. The van der Waals surface area contributed by atoms with Crippen molar-refractivity contribution >= 4 is 0 Å². The molecular formula is C33H28. The number of hydrogen-bond donors (Lipinski definition) is 0. The summed E-state index contributed by atoms with van der Waals surface area (Å²) in [7, 11) is 0. The molecule has 0 amide bonds. The molecule has 0 heterocycles. The summed E-state index contributed by atoms with van der Waals surface area (Å²) in [6, 6.07) is 34.1. The largest absolute Gasteiger partial charge is 0.0836 e. The highest BCUT2D eigenvalue weighted by atomic mass is 14.5. The minimum absolute atomic E-state index is 0.327. The third-order valence-corrected chi connectivity index (χ3v) is 7.58. The van der Waals surface area contributed by atoms with Crippen LogP contribution in [-0.4, -0.2) is 0 Å². The summed E-state index contributed by atoms with van der Waals surface area (Å²) in [5.74, 6) is 0.426. The van der Waals surface area contributed by atoms with E-state index in [9.17, 15) is 0 Å². The van der Waals surface area contributed by atoms with Gasteiger partial charge in [-0.15, -0.1) is 0 Å². The molecule has 0 N–H and O–H groups in total. The van der Waals surface area contributed by atoms with Crippen LogP contribution in [0.3, 0.4) is 0 Å². The molecule has 6 rings (SSSR count). The van der Waals surface area contributed by atoms with Gasteiger partial charge < -0.3 is 0 Å². The van der Waals surface area contributed by atoms with Crippen molar-refractivity contribution in [2.24, 2.45) is 0 Å². The monoisotopic (exact) mass is 424 g/mol. The van der Waals surface area contributed by atoms with Crippen LogP contribution in [0, 0.1) is 13.8 Å². The molecule has 0 bridgehead atoms. The van der Waals surface area contributed by atoms with Gasteiger partial charge in [0.25, 0.3) is 0 Å². The molecule has 0 aromatic heterocycles. The van der Waals surface area contributed by atoms with Crippen LogP contribution in [0.15, 0.2) is 115 Å². The van der Waals surface area contributed by atoms with Crippen LogP contribution in [-0.2, 0) is 5.41 Å². The Morgan fingerprint density at radius 1 is 0.606 bits per heavy atom. The molecule has 0 spiro atoms. The molecule has 4 aromatic rings. The van der Waals surface area contributed by atoms with E-state index in [1.54, 1.807) is 0 Å². The van der Waals surface area contributed by atoms with Gasteiger partial charge in [-0.3, -0.25) is 0 Å². The lowest BCUT2D eigenvalue weighted by molar-refractivity contribution is 0.748. The van der Waals surface area contributed by atoms with Gasteiger partial charge in [-0.25, -0.2) is 0 Å². The van der Waals surface area contributed by atoms with Crippen LogP contribution in [0.2, 0.25) is 0 Å². The summed E-state index contributed by atoms with van der Waals surface area (Å²) < 4.78 is 0. The summed E-state index contributed by atoms with van der Waals surface area (Å²) >= 11 is 0. The molecular weight excluding hydrogens is 396 g/mol. The number of rotatable bonds is 3. The van der Waals surface area contributed by atoms with Gasteiger partial charge in [0.1, 0.15) is 0 Å². The topological polar surface area (TPSA) is 0 Å². The van der Waals surface area contributed by atoms with E-state index in [-0.39, 0.29) is 5.41 Å². The van der Waals surface area contributed by atoms with Crippen LogP contribution in [0.1, 0.15) is 51.3 Å². The molecule has 0 aliphatic heterocycles. The van der Waals surface area contributed by atoms with Crippen LogP contribution < -0.4 is 0 Å². The molecule has 2 aliphatic rings. The third kappa shape index (κ3) is 2.91. The average Bonchev–Trinajstić information content (AvgIpc) is 3.15. The first-order valence-corrected chi connectivity index (χ1v) is 11.9. The molecule has 2 aliphatic carbocycles. The van der Waals surface area contributed by atoms with Gasteiger partial charge >= 0.3 is 0 Å². The highest BCUT2D eigenvalue weighted by Gasteiger charge is 2.47. The maximum Gasteiger partial charge on any atom is 0.0718 e. The van der Waals surface area contributed by atoms with Crippen molar-refractivity contribution in [2.45, 2.75) is 31.6 Å². The number of hydrogen-bond acceptors (Lipinski definition) is 0. The lowest BCUT2D eigenvalue weighted by Crippen LogP contribution is -2.30. The fraction of sp³-hybridized carbons (Fsp3) is 0.152. The fourth-order valence-corrected chi connectivity index (χ4v) is 6.07. The Labute approximate surface area is 196 Å². The molecule has 1 unspecified atom stereocenters. The first-order valence-electron chi connectivity index (χ1n) is 11.9. The SMILES string of the molecule is Cc1ccccc1C1(c2ccccc2C)c2ccccc2-c2ccc(C3C=CC=CC3)cc21. The summed E-state index contributed by atoms with van der Waals surface area (Å²) in [4.78, 5) is 0. The predicted octanol–water partition coefficient (Wildman–Crippen LogP) is 8.27. The Hall–Kier alpha value is -3.64. The van der Waals surface area contributed by atoms with Crippen LogP contribution in [0.25, 0.3) is 11.1 Å². The first kappa shape index (κ1) is 20.0. The van der Waals surface area contributed by atoms with E-state index in [1.807, 2.05) is 0 Å². The van der Waals surface area contributed by atoms with Gasteiger partial charge in [-0.1, -0.05) is 115 Å². The van der Waals surface area contributed by atoms with E-state index in [2.05, 4.69) is 129 Å². The summed E-state index contributed by atoms with van der Waals surface area (Å²) in [5, 5.41) is 0. The number of aryl methyl sites for hydroxylation is 2. The van der Waals surface area contributed by atoms with Crippen LogP contribution in [0.4, 0.5) is 0 Å². The highest BCUT2D eigenvalue weighted by molar-refractivity contribution is 5.87. The van der Waals surface area contributed by atoms with Gasteiger partial charge in [-0.05, 0) is 70.3 Å². The zero-order valence-electron chi connectivity index (χ0n) is 19.3. The Morgan fingerprint density at radius 2 is 1.21 bits per heavy atom. The summed E-state index contributed by atoms with van der Waals surface area (Å²) in [6.07, 6.45) is 10.0. The van der Waals surface area contributed by atoms with Crippen molar-refractivity contribution in [3.8, 4) is 11.1 Å². The van der Waals surface area contributed by atoms with Crippen molar-refractivity contribution in [2.75, 3.05) is 0 Å². The summed E-state index contributed by atoms with van der Waals surface area (Å²) in [5.41, 5.74) is 12.0. The van der Waals surface area contributed by atoms with Crippen molar-refractivity contribution < 1.29 is 0 Å². The van der Waals surface area contributed by atoms with Crippen molar-refractivity contribution in [3.63, 3.8) is 0 Å². The maximum atomic E-state index is 2.50. The number of allylic oxidation sites excluding steroid dienone is 4. The van der Waals surface area contributed by atoms with Crippen LogP contribution >= 0.6 is 0 Å². The first-order chi connectivity index (χ1) is 16.2. The second-order valence-electron chi connectivity index (χ2n) is 9.39. The van der Waals surface area contributed by atoms with Gasteiger partial charge in [0.15, 0.2) is 0 Å². The molecule has 0 saturated carbocycles. The Kier molecular flexibility index (Phi) is 4.69. The smallest absolute Gasteiger partial charge is 0.0718 e. The molecule has 0 fully saturated rings. The van der Waals surface area contributed by atoms with E-state index in [4.69, 9.17) is 0 Å². The Balaban J connectivity index is 1.75. The van der Waals surface area contributed by atoms with Gasteiger partial charge in [0, 0.05) is 5.92 Å². The normalized spacial score (nSPS) is 17.6. The number of benzene rings is 4. The van der Waals surface area contributed by atoms with Gasteiger partial charge in [-0.2, -0.15) is 0 Å². The zero-order chi connectivity index (χ0) is 22.4. The molecule has 0 saturated heterocycles. The number of fused-ring (bicyclic) bond motifs is 3. The Morgan fingerprint density at radius 3 is 1.85 bits per heavy atom. The van der Waals surface area contributed by atoms with E-state index in [1.165, 1.54) is 50.1 Å². The molecule has 0 nitrogen and oxygen atoms in total. The molecule has 4 aromatic carbocycles. The van der Waals surface area contributed by atoms with Crippen molar-refractivity contribution in [3.05, 3.63) is 154 Å². The van der Waals surface area contributed by atoms with Crippen molar-refractivity contribution in [1.29, 1.82) is 0 Å². The standard InChI is InChI=1S/C33H28/c1-23-12-6-9-17-29(23)33(30-18-10-7-13-24(30)2)31-19-11-8-16-27(31)28-21-20-26(22-32(28)33)25-14-4-3-5-15-25/h3-14,16-22,25H,15H2,1-2H3. The van der Waals surface area contributed by atoms with Crippen molar-refractivity contribution in [1.82, 2.24) is 0 Å². The highest BCUT2D eigenvalue weighted by Crippen LogP contribution is 2.57. The lowest BCUT2D eigenvalue weighted by Gasteiger charge is -2.36. The fourth-order valence-electron chi connectivity index (χ4n) is 6.07. The molecule has 1 atom stereocenters. The molecule has 33 heavy (non-hydrogen) atoms. The average molecular weight is 425 g/mol. The minimum Gasteiger partial charge on any atom is -0.0836 e. The zero-order valence-corrected chi connectivity index (χ0v) is 19.3. The van der Waals surface area contributed by atoms with Crippen LogP contribution in [0.5, 0.6) is 0 Å². The van der Waals surface area contributed by atoms with E-state index in [0.717, 1.165) is 6.42 Å². The predicted molar refractivity (Wildman–Crippen MR) is 139 cm³/mol. The second-order valence-corrected chi connectivity index (χ2v) is 9.39. The minimum atomic E-state index is -0.327. The lowest BCUT2D eigenvalue weighted by atomic mass is 9.65. The van der Waals surface area contributed by atoms with Gasteiger partial charge in [0.05, 0.1) is 5.41 Å². The summed E-state index contributed by atoms with van der Waals surface area (Å²) in [6.45, 7) is 4.52. The van der Waals surface area contributed by atoms with E-state index < -0.39 is 0 Å². The Bertz CT molecular complexity index is 1370. The third-order valence-electron chi connectivity index (χ3n) is 7.58. The maximum absolute atomic E-state index is 2.50. The molecule has 0 heteroatoms. The van der Waals surface area contributed by atoms with E-state index in [0.29, 0.717) is 5.92 Å². The van der Waals surface area contributed by atoms with E-state index >= 15 is 0 Å². The quantitative estimate of drug-likeness (QED) is 0.273. The molecule has 160 valence electrons.